The summed E-state index contributed by atoms with van der Waals surface area (Å²) in [5, 5.41) is 20.6. The molecule has 3 atom stereocenters. The summed E-state index contributed by atoms with van der Waals surface area (Å²) in [7, 11) is 0. The average molecular weight is 288 g/mol. The topological polar surface area (TPSA) is 99.1 Å². The second-order valence-corrected chi connectivity index (χ2v) is 5.09. The van der Waals surface area contributed by atoms with Crippen molar-refractivity contribution in [1.82, 2.24) is 10.2 Å². The minimum absolute atomic E-state index is 0.00396. The fourth-order valence-corrected chi connectivity index (χ4v) is 2.16. The molecule has 2 amide bonds. The average Bonchev–Trinajstić information content (AvgIpc) is 2.41. The highest BCUT2D eigenvalue weighted by molar-refractivity contribution is 5.83. The van der Waals surface area contributed by atoms with E-state index in [0.717, 1.165) is 19.3 Å². The van der Waals surface area contributed by atoms with Crippen LogP contribution in [0.2, 0.25) is 0 Å². The summed E-state index contributed by atoms with van der Waals surface area (Å²) in [6.45, 7) is 5.04. The number of carboxylic acid groups (broad SMARTS) is 1. The molecule has 1 rings (SSSR count). The number of hydrogen-bond acceptors (Lipinski definition) is 4. The van der Waals surface area contributed by atoms with Crippen LogP contribution < -0.4 is 5.32 Å². The highest BCUT2D eigenvalue weighted by Gasteiger charge is 2.29. The van der Waals surface area contributed by atoms with Gasteiger partial charge in [-0.15, -0.1) is 0 Å². The molecule has 1 aliphatic rings. The number of amides is 2. The Labute approximate surface area is 118 Å². The van der Waals surface area contributed by atoms with Crippen molar-refractivity contribution in [3.8, 4) is 0 Å². The predicted octanol–water partition coefficient (Wildman–Crippen LogP) is 0.421. The maximum absolute atomic E-state index is 12.0. The lowest BCUT2D eigenvalue weighted by atomic mass is 10.1. The number of aliphatic hydroxyl groups excluding tert-OH is 1. The minimum Gasteiger partial charge on any atom is -0.480 e. The minimum atomic E-state index is -1.29. The summed E-state index contributed by atoms with van der Waals surface area (Å²) < 4.78 is 5.63. The SMILES string of the molecule is CCCOC1CCCN(C(=O)N[C@H](C(=O)O)[C@@H](C)O)C1. The Morgan fingerprint density at radius 2 is 2.20 bits per heavy atom. The van der Waals surface area contributed by atoms with Gasteiger partial charge in [-0.2, -0.15) is 0 Å². The maximum Gasteiger partial charge on any atom is 0.328 e. The third-order valence-electron chi connectivity index (χ3n) is 3.25. The molecule has 116 valence electrons. The Bertz CT molecular complexity index is 335. The Kier molecular flexibility index (Phi) is 6.74. The van der Waals surface area contributed by atoms with Gasteiger partial charge in [-0.05, 0) is 26.2 Å². The number of urea groups is 1. The first-order valence-electron chi connectivity index (χ1n) is 7.03. The quantitative estimate of drug-likeness (QED) is 0.658. The molecule has 1 aliphatic heterocycles. The van der Waals surface area contributed by atoms with Crippen LogP contribution in [0.15, 0.2) is 0 Å². The standard InChI is InChI=1S/C13H24N2O5/c1-3-7-20-10-5-4-6-15(8-10)13(19)14-11(9(2)16)12(17)18/h9-11,16H,3-8H2,1-2H3,(H,14,19)(H,17,18)/t9-,10?,11+/m1/s1. The van der Waals surface area contributed by atoms with Crippen LogP contribution in [-0.2, 0) is 9.53 Å². The van der Waals surface area contributed by atoms with Gasteiger partial charge in [0.2, 0.25) is 0 Å². The van der Waals surface area contributed by atoms with Gasteiger partial charge in [-0.3, -0.25) is 0 Å². The molecule has 7 heteroatoms. The van der Waals surface area contributed by atoms with Crippen LogP contribution in [0.25, 0.3) is 0 Å². The van der Waals surface area contributed by atoms with E-state index in [1.165, 1.54) is 6.92 Å². The molecule has 0 radical (unpaired) electrons. The van der Waals surface area contributed by atoms with Gasteiger partial charge in [0.25, 0.3) is 0 Å². The largest absolute Gasteiger partial charge is 0.480 e. The number of likely N-dealkylation sites (tertiary alicyclic amines) is 1. The summed E-state index contributed by atoms with van der Waals surface area (Å²) in [6.07, 6.45) is 1.51. The molecule has 1 fully saturated rings. The van der Waals surface area contributed by atoms with E-state index in [1.54, 1.807) is 4.90 Å². The fraction of sp³-hybridized carbons (Fsp3) is 0.846. The maximum atomic E-state index is 12.0. The monoisotopic (exact) mass is 288 g/mol. The second-order valence-electron chi connectivity index (χ2n) is 5.09. The van der Waals surface area contributed by atoms with Crippen LogP contribution >= 0.6 is 0 Å². The molecule has 0 aromatic rings. The van der Waals surface area contributed by atoms with E-state index in [4.69, 9.17) is 9.84 Å². The predicted molar refractivity (Wildman–Crippen MR) is 72.5 cm³/mol. The number of hydrogen-bond donors (Lipinski definition) is 3. The molecule has 1 saturated heterocycles. The van der Waals surface area contributed by atoms with E-state index in [2.05, 4.69) is 5.32 Å². The van der Waals surface area contributed by atoms with Crippen molar-refractivity contribution in [2.24, 2.45) is 0 Å². The first-order valence-corrected chi connectivity index (χ1v) is 7.03. The van der Waals surface area contributed by atoms with Crippen molar-refractivity contribution in [3.05, 3.63) is 0 Å². The van der Waals surface area contributed by atoms with Crippen LogP contribution in [0, 0.1) is 0 Å². The number of carbonyl (C=O) groups is 2. The van der Waals surface area contributed by atoms with Crippen molar-refractivity contribution >= 4 is 12.0 Å². The first-order chi connectivity index (χ1) is 9.45. The lowest BCUT2D eigenvalue weighted by Crippen LogP contribution is -2.55. The van der Waals surface area contributed by atoms with Crippen molar-refractivity contribution in [2.45, 2.75) is 51.4 Å². The van der Waals surface area contributed by atoms with Crippen molar-refractivity contribution in [2.75, 3.05) is 19.7 Å². The molecule has 1 unspecified atom stereocenters. The van der Waals surface area contributed by atoms with Crippen molar-refractivity contribution < 1.29 is 24.5 Å². The van der Waals surface area contributed by atoms with E-state index < -0.39 is 24.1 Å². The number of carbonyl (C=O) groups excluding carboxylic acids is 1. The van der Waals surface area contributed by atoms with Crippen LogP contribution in [0.1, 0.15) is 33.1 Å². The van der Waals surface area contributed by atoms with E-state index in [-0.39, 0.29) is 6.10 Å². The summed E-state index contributed by atoms with van der Waals surface area (Å²) in [5.74, 6) is -1.25. The Balaban J connectivity index is 2.51. The normalized spacial score (nSPS) is 22.1. The van der Waals surface area contributed by atoms with Crippen LogP contribution in [0.3, 0.4) is 0 Å². The summed E-state index contributed by atoms with van der Waals surface area (Å²) in [5.41, 5.74) is 0. The zero-order chi connectivity index (χ0) is 15.1. The van der Waals surface area contributed by atoms with Gasteiger partial charge in [0.1, 0.15) is 0 Å². The van der Waals surface area contributed by atoms with Gasteiger partial charge in [0.05, 0.1) is 12.2 Å². The second kappa shape index (κ2) is 8.06. The fourth-order valence-electron chi connectivity index (χ4n) is 2.16. The summed E-state index contributed by atoms with van der Waals surface area (Å²) in [6, 6.07) is -1.76. The number of aliphatic hydroxyl groups is 1. The number of ether oxygens (including phenoxy) is 1. The zero-order valence-electron chi connectivity index (χ0n) is 12.0. The molecule has 1 heterocycles. The third kappa shape index (κ3) is 4.97. The number of rotatable bonds is 6. The first kappa shape index (κ1) is 16.7. The third-order valence-corrected chi connectivity index (χ3v) is 3.25. The molecule has 0 saturated carbocycles. The molecule has 20 heavy (non-hydrogen) atoms. The Morgan fingerprint density at radius 1 is 1.50 bits per heavy atom. The molecule has 3 N–H and O–H groups in total. The van der Waals surface area contributed by atoms with E-state index >= 15 is 0 Å². The molecule has 7 nitrogen and oxygen atoms in total. The Hall–Kier alpha value is -1.34. The van der Waals surface area contributed by atoms with Gasteiger partial charge >= 0.3 is 12.0 Å². The van der Waals surface area contributed by atoms with Gasteiger partial charge < -0.3 is 25.2 Å². The van der Waals surface area contributed by atoms with Gasteiger partial charge in [0, 0.05) is 19.7 Å². The van der Waals surface area contributed by atoms with Crippen LogP contribution in [0.4, 0.5) is 4.79 Å². The van der Waals surface area contributed by atoms with E-state index in [1.807, 2.05) is 6.92 Å². The lowest BCUT2D eigenvalue weighted by Gasteiger charge is -2.33. The van der Waals surface area contributed by atoms with E-state index in [0.29, 0.717) is 19.7 Å². The smallest absolute Gasteiger partial charge is 0.328 e. The molecule has 0 bridgehead atoms. The molecule has 0 aromatic carbocycles. The highest BCUT2D eigenvalue weighted by Crippen LogP contribution is 2.14. The summed E-state index contributed by atoms with van der Waals surface area (Å²) >= 11 is 0. The number of nitrogens with zero attached hydrogens (tertiary/aromatic N) is 1. The lowest BCUT2D eigenvalue weighted by molar-refractivity contribution is -0.141. The zero-order valence-corrected chi connectivity index (χ0v) is 12.0. The number of piperidine rings is 1. The van der Waals surface area contributed by atoms with Gasteiger partial charge in [-0.1, -0.05) is 6.92 Å². The van der Waals surface area contributed by atoms with Gasteiger partial charge in [-0.25, -0.2) is 9.59 Å². The molecule has 0 spiro atoms. The number of carboxylic acids is 1. The highest BCUT2D eigenvalue weighted by atomic mass is 16.5. The van der Waals surface area contributed by atoms with Crippen molar-refractivity contribution in [3.63, 3.8) is 0 Å². The number of aliphatic carboxylic acids is 1. The molecule has 0 aliphatic carbocycles. The van der Waals surface area contributed by atoms with Crippen LogP contribution in [0.5, 0.6) is 0 Å². The molecular formula is C13H24N2O5. The van der Waals surface area contributed by atoms with Crippen molar-refractivity contribution in [1.29, 1.82) is 0 Å². The Morgan fingerprint density at radius 3 is 2.75 bits per heavy atom. The summed E-state index contributed by atoms with van der Waals surface area (Å²) in [4.78, 5) is 24.5. The number of nitrogens with one attached hydrogen (secondary N) is 1. The molecule has 0 aromatic heterocycles. The van der Waals surface area contributed by atoms with Crippen LogP contribution in [-0.4, -0.2) is 65.1 Å². The molecular weight excluding hydrogens is 264 g/mol. The van der Waals surface area contributed by atoms with Gasteiger partial charge in [0.15, 0.2) is 6.04 Å². The van der Waals surface area contributed by atoms with E-state index in [9.17, 15) is 14.7 Å².